The molecule has 29 heavy (non-hydrogen) atoms. The molecule has 3 rings (SSSR count). The van der Waals surface area contributed by atoms with Gasteiger partial charge in [-0.25, -0.2) is 0 Å². The molecule has 0 aromatic heterocycles. The number of hydrogen-bond donors (Lipinski definition) is 0. The zero-order valence-electron chi connectivity index (χ0n) is 19.6. The molecule has 166 valence electrons. The summed E-state index contributed by atoms with van der Waals surface area (Å²) in [6.07, 6.45) is 10.3. The van der Waals surface area contributed by atoms with Crippen LogP contribution in [0.25, 0.3) is 0 Å². The van der Waals surface area contributed by atoms with Crippen LogP contribution in [0.15, 0.2) is 12.2 Å². The Morgan fingerprint density at radius 3 is 2.45 bits per heavy atom. The lowest BCUT2D eigenvalue weighted by atomic mass is 9.43. The number of ether oxygens (including phenoxy) is 3. The van der Waals surface area contributed by atoms with Crippen LogP contribution >= 0.6 is 0 Å². The van der Waals surface area contributed by atoms with Gasteiger partial charge in [0, 0.05) is 31.0 Å². The molecule has 8 atom stereocenters. The predicted molar refractivity (Wildman–Crippen MR) is 116 cm³/mol. The molecule has 0 amide bonds. The molecule has 3 aliphatic rings. The molecule has 2 unspecified atom stereocenters. The largest absolute Gasteiger partial charge is 0.381 e. The normalized spacial score (nSPS) is 47.8. The highest BCUT2D eigenvalue weighted by atomic mass is 16.7. The van der Waals surface area contributed by atoms with Crippen LogP contribution in [-0.2, 0) is 19.0 Å². The summed E-state index contributed by atoms with van der Waals surface area (Å²) in [5.74, 6) is 1.33. The van der Waals surface area contributed by atoms with Gasteiger partial charge in [-0.1, -0.05) is 39.8 Å². The third-order valence-electron chi connectivity index (χ3n) is 9.33. The SMILES string of the molecule is CC=CC[C@]1(C)C[C@@H](OCOC)[C@@]2(C)C3[C@H](OC)CCC3(CC[C@H]2C)[C@@H](C)C1=O. The summed E-state index contributed by atoms with van der Waals surface area (Å²) < 4.78 is 17.8. The maximum Gasteiger partial charge on any atom is 0.146 e. The Bertz CT molecular complexity index is 630. The number of allylic oxidation sites excluding steroid dienone is 2. The minimum Gasteiger partial charge on any atom is -0.381 e. The average molecular weight is 407 g/mol. The summed E-state index contributed by atoms with van der Waals surface area (Å²) in [6, 6.07) is 0. The maximum atomic E-state index is 14.0. The van der Waals surface area contributed by atoms with E-state index < -0.39 is 5.41 Å². The van der Waals surface area contributed by atoms with E-state index in [2.05, 4.69) is 39.8 Å². The Kier molecular flexibility index (Phi) is 6.68. The zero-order chi connectivity index (χ0) is 21.4. The van der Waals surface area contributed by atoms with Gasteiger partial charge in [0.05, 0.1) is 12.2 Å². The van der Waals surface area contributed by atoms with E-state index in [1.807, 2.05) is 14.0 Å². The van der Waals surface area contributed by atoms with Crippen molar-refractivity contribution in [3.05, 3.63) is 12.2 Å². The molecule has 2 bridgehead atoms. The predicted octanol–water partition coefficient (Wildman–Crippen LogP) is 5.40. The van der Waals surface area contributed by atoms with Crippen LogP contribution < -0.4 is 0 Å². The molecule has 0 heterocycles. The Morgan fingerprint density at radius 2 is 1.83 bits per heavy atom. The van der Waals surface area contributed by atoms with Crippen LogP contribution in [0.5, 0.6) is 0 Å². The second kappa shape index (κ2) is 8.43. The van der Waals surface area contributed by atoms with E-state index in [1.165, 1.54) is 0 Å². The van der Waals surface area contributed by atoms with Crippen LogP contribution in [0, 0.1) is 34.0 Å². The second-order valence-corrected chi connectivity index (χ2v) is 10.5. The summed E-state index contributed by atoms with van der Waals surface area (Å²) in [5, 5.41) is 0. The van der Waals surface area contributed by atoms with Crippen molar-refractivity contribution in [1.82, 2.24) is 0 Å². The van der Waals surface area contributed by atoms with Gasteiger partial charge in [0.25, 0.3) is 0 Å². The smallest absolute Gasteiger partial charge is 0.146 e. The van der Waals surface area contributed by atoms with Crippen molar-refractivity contribution in [2.75, 3.05) is 21.0 Å². The molecule has 0 aliphatic heterocycles. The monoisotopic (exact) mass is 406 g/mol. The topological polar surface area (TPSA) is 44.8 Å². The van der Waals surface area contributed by atoms with Crippen LogP contribution in [-0.4, -0.2) is 39.0 Å². The molecule has 0 saturated heterocycles. The Morgan fingerprint density at radius 1 is 1.14 bits per heavy atom. The Balaban J connectivity index is 2.17. The van der Waals surface area contributed by atoms with Crippen molar-refractivity contribution < 1.29 is 19.0 Å². The molecule has 4 nitrogen and oxygen atoms in total. The number of carbonyl (C=O) groups excluding carboxylic acids is 1. The molecule has 0 N–H and O–H groups in total. The number of methoxy groups -OCH3 is 2. The number of hydrogen-bond acceptors (Lipinski definition) is 4. The van der Waals surface area contributed by atoms with E-state index in [0.717, 1.165) is 38.5 Å². The van der Waals surface area contributed by atoms with Crippen LogP contribution in [0.4, 0.5) is 0 Å². The summed E-state index contributed by atoms with van der Waals surface area (Å²) in [6.45, 7) is 11.5. The average Bonchev–Trinajstić information content (AvgIpc) is 3.11. The molecule has 3 fully saturated rings. The van der Waals surface area contributed by atoms with Crippen molar-refractivity contribution in [2.24, 2.45) is 34.0 Å². The third-order valence-corrected chi connectivity index (χ3v) is 9.33. The van der Waals surface area contributed by atoms with Crippen molar-refractivity contribution in [3.8, 4) is 0 Å². The van der Waals surface area contributed by atoms with E-state index in [4.69, 9.17) is 14.2 Å². The lowest BCUT2D eigenvalue weighted by Crippen LogP contribution is -2.62. The highest BCUT2D eigenvalue weighted by Gasteiger charge is 2.68. The quantitative estimate of drug-likeness (QED) is 0.437. The molecular weight excluding hydrogens is 364 g/mol. The van der Waals surface area contributed by atoms with Crippen molar-refractivity contribution in [3.63, 3.8) is 0 Å². The Hall–Kier alpha value is -0.710. The lowest BCUT2D eigenvalue weighted by molar-refractivity contribution is -0.219. The fourth-order valence-corrected chi connectivity index (χ4v) is 7.44. The summed E-state index contributed by atoms with van der Waals surface area (Å²) in [4.78, 5) is 14.0. The van der Waals surface area contributed by atoms with E-state index in [9.17, 15) is 4.79 Å². The first-order chi connectivity index (χ1) is 13.7. The zero-order valence-corrected chi connectivity index (χ0v) is 19.6. The first kappa shape index (κ1) is 23.0. The summed E-state index contributed by atoms with van der Waals surface area (Å²) >= 11 is 0. The fourth-order valence-electron chi connectivity index (χ4n) is 7.44. The molecular formula is C25H42O4. The van der Waals surface area contributed by atoms with E-state index >= 15 is 0 Å². The molecule has 3 aliphatic carbocycles. The van der Waals surface area contributed by atoms with Crippen LogP contribution in [0.1, 0.15) is 73.1 Å². The van der Waals surface area contributed by atoms with Gasteiger partial charge in [0.15, 0.2) is 0 Å². The first-order valence-electron chi connectivity index (χ1n) is 11.5. The van der Waals surface area contributed by atoms with Gasteiger partial charge in [-0.15, -0.1) is 0 Å². The second-order valence-electron chi connectivity index (χ2n) is 10.5. The van der Waals surface area contributed by atoms with Gasteiger partial charge < -0.3 is 14.2 Å². The maximum absolute atomic E-state index is 14.0. The van der Waals surface area contributed by atoms with Crippen LogP contribution in [0.2, 0.25) is 0 Å². The van der Waals surface area contributed by atoms with Gasteiger partial charge >= 0.3 is 0 Å². The molecule has 0 aromatic rings. The molecule has 0 radical (unpaired) electrons. The highest BCUT2D eigenvalue weighted by molar-refractivity contribution is 5.87. The molecule has 3 saturated carbocycles. The van der Waals surface area contributed by atoms with E-state index in [1.54, 1.807) is 7.11 Å². The molecule has 0 spiro atoms. The van der Waals surface area contributed by atoms with Crippen molar-refractivity contribution in [2.45, 2.75) is 85.4 Å². The van der Waals surface area contributed by atoms with Crippen molar-refractivity contribution in [1.29, 1.82) is 0 Å². The number of Topliss-reactive ketones (excluding diaryl/α,β-unsaturated/α-hetero) is 1. The van der Waals surface area contributed by atoms with Gasteiger partial charge in [0.1, 0.15) is 12.6 Å². The van der Waals surface area contributed by atoms with Gasteiger partial charge in [-0.3, -0.25) is 4.79 Å². The summed E-state index contributed by atoms with van der Waals surface area (Å²) in [7, 11) is 3.53. The minimum absolute atomic E-state index is 0.0192. The standard InChI is InChI=1S/C25H42O4/c1-8-9-12-23(4)15-20(29-16-27-6)24(5)17(2)10-13-25(18(3)22(23)26)14-11-19(28-7)21(24)25/h8-9,17-21H,10-16H2,1-7H3/t17-,18+,19-,20-,21?,23-,24+,25?/m1/s1. The van der Waals surface area contributed by atoms with Gasteiger partial charge in [-0.2, -0.15) is 0 Å². The molecule has 4 heteroatoms. The number of ketones is 1. The molecule has 0 aromatic carbocycles. The van der Waals surface area contributed by atoms with Gasteiger partial charge in [0.2, 0.25) is 0 Å². The van der Waals surface area contributed by atoms with E-state index in [0.29, 0.717) is 17.6 Å². The van der Waals surface area contributed by atoms with Gasteiger partial charge in [-0.05, 0) is 62.7 Å². The third kappa shape index (κ3) is 3.43. The number of carbonyl (C=O) groups is 1. The fraction of sp³-hybridized carbons (Fsp3) is 0.880. The summed E-state index contributed by atoms with van der Waals surface area (Å²) in [5.41, 5.74) is -0.433. The Labute approximate surface area is 177 Å². The lowest BCUT2D eigenvalue weighted by Gasteiger charge is -2.62. The minimum atomic E-state index is -0.411. The van der Waals surface area contributed by atoms with Crippen LogP contribution in [0.3, 0.4) is 0 Å². The van der Waals surface area contributed by atoms with E-state index in [-0.39, 0.29) is 35.7 Å². The first-order valence-corrected chi connectivity index (χ1v) is 11.5. The number of rotatable bonds is 6. The highest BCUT2D eigenvalue weighted by Crippen LogP contribution is 2.68. The van der Waals surface area contributed by atoms with Crippen molar-refractivity contribution >= 4 is 5.78 Å².